The van der Waals surface area contributed by atoms with Crippen LogP contribution in [0, 0.1) is 13.8 Å². The summed E-state index contributed by atoms with van der Waals surface area (Å²) in [7, 11) is 0. The fourth-order valence-corrected chi connectivity index (χ4v) is 1.95. The van der Waals surface area contributed by atoms with Gasteiger partial charge in [-0.25, -0.2) is 0 Å². The molecule has 0 saturated carbocycles. The second-order valence-electron chi connectivity index (χ2n) is 4.35. The van der Waals surface area contributed by atoms with Gasteiger partial charge >= 0.3 is 0 Å². The molecule has 0 aliphatic rings. The number of nitrogens with one attached hydrogen (secondary N) is 1. The van der Waals surface area contributed by atoms with Gasteiger partial charge in [0, 0.05) is 0 Å². The molecular formula is C15H19NO. The normalized spacial score (nSPS) is 12.6. The van der Waals surface area contributed by atoms with Gasteiger partial charge in [0.25, 0.3) is 0 Å². The largest absolute Gasteiger partial charge is 0.464 e. The van der Waals surface area contributed by atoms with Gasteiger partial charge in [-0.15, -0.1) is 0 Å². The van der Waals surface area contributed by atoms with Crippen molar-refractivity contribution in [3.05, 3.63) is 59.0 Å². The molecule has 1 heterocycles. The summed E-state index contributed by atoms with van der Waals surface area (Å²) in [5, 5.41) is 3.45. The third-order valence-electron chi connectivity index (χ3n) is 2.86. The van der Waals surface area contributed by atoms with Crippen LogP contribution in [0.1, 0.15) is 35.6 Å². The molecule has 1 atom stereocenters. The van der Waals surface area contributed by atoms with Gasteiger partial charge in [0.2, 0.25) is 0 Å². The van der Waals surface area contributed by atoms with Crippen LogP contribution in [0.15, 0.2) is 40.8 Å². The average molecular weight is 229 g/mol. The summed E-state index contributed by atoms with van der Waals surface area (Å²) in [6, 6.07) is 12.8. The van der Waals surface area contributed by atoms with E-state index in [1.165, 1.54) is 11.1 Å². The van der Waals surface area contributed by atoms with E-state index >= 15 is 0 Å². The summed E-state index contributed by atoms with van der Waals surface area (Å²) >= 11 is 0. The number of aryl methyl sites for hydroxylation is 2. The SMILES string of the molecule is CCNC(c1ccc(C)cc1)c1ccc(C)o1. The molecule has 2 rings (SSSR count). The zero-order valence-electron chi connectivity index (χ0n) is 10.7. The van der Waals surface area contributed by atoms with Gasteiger partial charge in [-0.1, -0.05) is 36.8 Å². The highest BCUT2D eigenvalue weighted by atomic mass is 16.3. The third kappa shape index (κ3) is 2.77. The highest BCUT2D eigenvalue weighted by Gasteiger charge is 2.15. The number of benzene rings is 1. The summed E-state index contributed by atoms with van der Waals surface area (Å²) in [6.07, 6.45) is 0. The Bertz CT molecular complexity index is 470. The lowest BCUT2D eigenvalue weighted by Gasteiger charge is -2.16. The summed E-state index contributed by atoms with van der Waals surface area (Å²) in [5.41, 5.74) is 2.52. The zero-order valence-corrected chi connectivity index (χ0v) is 10.7. The van der Waals surface area contributed by atoms with E-state index in [0.717, 1.165) is 18.1 Å². The molecule has 1 aromatic heterocycles. The monoisotopic (exact) mass is 229 g/mol. The van der Waals surface area contributed by atoms with Crippen molar-refractivity contribution in [1.82, 2.24) is 5.32 Å². The Morgan fingerprint density at radius 1 is 1.06 bits per heavy atom. The smallest absolute Gasteiger partial charge is 0.125 e. The molecule has 0 spiro atoms. The van der Waals surface area contributed by atoms with Crippen LogP contribution in [0.2, 0.25) is 0 Å². The maximum atomic E-state index is 5.72. The van der Waals surface area contributed by atoms with Crippen molar-refractivity contribution in [2.45, 2.75) is 26.8 Å². The quantitative estimate of drug-likeness (QED) is 0.866. The lowest BCUT2D eigenvalue weighted by molar-refractivity contribution is 0.435. The summed E-state index contributed by atoms with van der Waals surface area (Å²) in [6.45, 7) is 7.10. The first-order valence-corrected chi connectivity index (χ1v) is 6.07. The molecule has 90 valence electrons. The predicted octanol–water partition coefficient (Wildman–Crippen LogP) is 3.60. The minimum Gasteiger partial charge on any atom is -0.464 e. The molecule has 1 aromatic carbocycles. The fourth-order valence-electron chi connectivity index (χ4n) is 1.95. The van der Waals surface area contributed by atoms with E-state index in [9.17, 15) is 0 Å². The van der Waals surface area contributed by atoms with Crippen molar-refractivity contribution in [1.29, 1.82) is 0 Å². The summed E-state index contributed by atoms with van der Waals surface area (Å²) in [4.78, 5) is 0. The molecule has 0 bridgehead atoms. The van der Waals surface area contributed by atoms with Crippen LogP contribution in [0.4, 0.5) is 0 Å². The Labute approximate surface area is 103 Å². The fraction of sp³-hybridized carbons (Fsp3) is 0.333. The Hall–Kier alpha value is -1.54. The van der Waals surface area contributed by atoms with Crippen molar-refractivity contribution >= 4 is 0 Å². The third-order valence-corrected chi connectivity index (χ3v) is 2.86. The van der Waals surface area contributed by atoms with E-state index in [2.05, 4.69) is 43.4 Å². The van der Waals surface area contributed by atoms with Crippen LogP contribution >= 0.6 is 0 Å². The Morgan fingerprint density at radius 3 is 2.29 bits per heavy atom. The molecule has 0 saturated heterocycles. The molecule has 0 aliphatic carbocycles. The molecule has 0 aliphatic heterocycles. The first kappa shape index (κ1) is 11.9. The van der Waals surface area contributed by atoms with Crippen molar-refractivity contribution in [2.24, 2.45) is 0 Å². The molecule has 0 amide bonds. The van der Waals surface area contributed by atoms with Gasteiger partial charge in [-0.2, -0.15) is 0 Å². The summed E-state index contributed by atoms with van der Waals surface area (Å²) < 4.78 is 5.72. The number of hydrogen-bond donors (Lipinski definition) is 1. The van der Waals surface area contributed by atoms with Crippen molar-refractivity contribution in [3.8, 4) is 0 Å². The van der Waals surface area contributed by atoms with E-state index in [-0.39, 0.29) is 6.04 Å². The van der Waals surface area contributed by atoms with Gasteiger partial charge in [0.05, 0.1) is 6.04 Å². The van der Waals surface area contributed by atoms with Crippen LogP contribution in [-0.4, -0.2) is 6.54 Å². The second-order valence-corrected chi connectivity index (χ2v) is 4.35. The molecule has 2 nitrogen and oxygen atoms in total. The number of hydrogen-bond acceptors (Lipinski definition) is 2. The molecule has 2 aromatic rings. The van der Waals surface area contributed by atoms with Gasteiger partial charge in [-0.05, 0) is 38.1 Å². The Balaban J connectivity index is 2.31. The Kier molecular flexibility index (Phi) is 3.64. The molecule has 0 radical (unpaired) electrons. The van der Waals surface area contributed by atoms with Crippen LogP contribution in [0.3, 0.4) is 0 Å². The minimum atomic E-state index is 0.147. The van der Waals surface area contributed by atoms with E-state index in [0.29, 0.717) is 0 Å². The lowest BCUT2D eigenvalue weighted by Crippen LogP contribution is -2.21. The average Bonchev–Trinajstić information content (AvgIpc) is 2.74. The molecule has 2 heteroatoms. The van der Waals surface area contributed by atoms with E-state index in [1.807, 2.05) is 19.1 Å². The first-order valence-electron chi connectivity index (χ1n) is 6.07. The standard InChI is InChI=1S/C15H19NO/c1-4-16-15(14-10-7-12(3)17-14)13-8-5-11(2)6-9-13/h5-10,15-16H,4H2,1-3H3. The Morgan fingerprint density at radius 2 is 1.76 bits per heavy atom. The number of furan rings is 1. The van der Waals surface area contributed by atoms with Crippen LogP contribution in [0.5, 0.6) is 0 Å². The van der Waals surface area contributed by atoms with Crippen molar-refractivity contribution in [3.63, 3.8) is 0 Å². The van der Waals surface area contributed by atoms with Crippen molar-refractivity contribution in [2.75, 3.05) is 6.54 Å². The highest BCUT2D eigenvalue weighted by Crippen LogP contribution is 2.24. The highest BCUT2D eigenvalue weighted by molar-refractivity contribution is 5.29. The predicted molar refractivity (Wildman–Crippen MR) is 70.1 cm³/mol. The van der Waals surface area contributed by atoms with Gasteiger partial charge < -0.3 is 9.73 Å². The molecule has 17 heavy (non-hydrogen) atoms. The van der Waals surface area contributed by atoms with Crippen molar-refractivity contribution < 1.29 is 4.42 Å². The van der Waals surface area contributed by atoms with Crippen LogP contribution < -0.4 is 5.32 Å². The van der Waals surface area contributed by atoms with Gasteiger partial charge in [-0.3, -0.25) is 0 Å². The van der Waals surface area contributed by atoms with Gasteiger partial charge in [0.15, 0.2) is 0 Å². The van der Waals surface area contributed by atoms with E-state index < -0.39 is 0 Å². The van der Waals surface area contributed by atoms with Gasteiger partial charge in [0.1, 0.15) is 11.5 Å². The maximum Gasteiger partial charge on any atom is 0.125 e. The van der Waals surface area contributed by atoms with E-state index in [1.54, 1.807) is 0 Å². The zero-order chi connectivity index (χ0) is 12.3. The van der Waals surface area contributed by atoms with Crippen LogP contribution in [0.25, 0.3) is 0 Å². The first-order chi connectivity index (χ1) is 8.20. The molecule has 1 N–H and O–H groups in total. The molecule has 0 fully saturated rings. The lowest BCUT2D eigenvalue weighted by atomic mass is 10.0. The van der Waals surface area contributed by atoms with E-state index in [4.69, 9.17) is 4.42 Å². The molecular weight excluding hydrogens is 210 g/mol. The maximum absolute atomic E-state index is 5.72. The topological polar surface area (TPSA) is 25.2 Å². The minimum absolute atomic E-state index is 0.147. The molecule has 1 unspecified atom stereocenters. The van der Waals surface area contributed by atoms with Crippen LogP contribution in [-0.2, 0) is 0 Å². The summed E-state index contributed by atoms with van der Waals surface area (Å²) in [5.74, 6) is 1.93. The number of rotatable bonds is 4. The second kappa shape index (κ2) is 5.19.